The van der Waals surface area contributed by atoms with Crippen molar-refractivity contribution in [2.75, 3.05) is 0 Å². The van der Waals surface area contributed by atoms with Gasteiger partial charge in [0.25, 0.3) is 0 Å². The number of benzene rings is 7. The number of imidazole rings is 1. The molecule has 1 N–H and O–H groups in total. The van der Waals surface area contributed by atoms with Crippen molar-refractivity contribution < 1.29 is 26.2 Å². The zero-order valence-corrected chi connectivity index (χ0v) is 28.8. The molecule has 50 heavy (non-hydrogen) atoms. The molecular formula is C44H27N4OPt-. The minimum Gasteiger partial charge on any atom is -0.656 e. The number of phenols is 1. The van der Waals surface area contributed by atoms with E-state index in [-0.39, 0.29) is 26.8 Å². The summed E-state index contributed by atoms with van der Waals surface area (Å²) in [7, 11) is 0. The number of pyridine rings is 1. The number of nitrogens with zero attached hydrogens (tertiary/aromatic N) is 4. The fourth-order valence-electron chi connectivity index (χ4n) is 7.20. The molecule has 3 aromatic heterocycles. The zero-order valence-electron chi connectivity index (χ0n) is 26.6. The van der Waals surface area contributed by atoms with Crippen LogP contribution in [0.1, 0.15) is 0 Å². The predicted octanol–water partition coefficient (Wildman–Crippen LogP) is 10.7. The molecule has 0 saturated heterocycles. The van der Waals surface area contributed by atoms with Gasteiger partial charge in [0, 0.05) is 43.3 Å². The second kappa shape index (κ2) is 11.8. The van der Waals surface area contributed by atoms with Gasteiger partial charge in [-0.15, -0.1) is 11.0 Å². The van der Waals surface area contributed by atoms with Crippen molar-refractivity contribution in [3.05, 3.63) is 158 Å². The second-order valence-electron chi connectivity index (χ2n) is 12.4. The third-order valence-corrected chi connectivity index (χ3v) is 9.53. The molecule has 7 aromatic carbocycles. The van der Waals surface area contributed by atoms with Crippen LogP contribution in [0.5, 0.6) is 5.75 Å². The summed E-state index contributed by atoms with van der Waals surface area (Å²) in [5.74, 6) is 0.957. The largest absolute Gasteiger partial charge is 0.656 e. The summed E-state index contributed by atoms with van der Waals surface area (Å²) in [6.45, 7) is 0. The Bertz CT molecular complexity index is 2910. The van der Waals surface area contributed by atoms with Crippen LogP contribution in [-0.2, 0) is 21.1 Å². The van der Waals surface area contributed by atoms with Crippen LogP contribution in [0.15, 0.2) is 158 Å². The average Bonchev–Trinajstić information content (AvgIpc) is 3.73. The number of rotatable bonds is 4. The summed E-state index contributed by atoms with van der Waals surface area (Å²) in [6.07, 6.45) is 0. The number of para-hydroxylation sites is 3. The standard InChI is InChI=1S/C44H27N4O.Pt/c49-40-21-7-14-28-22-23-37(45-41(28)40)34-18-9-20-39-43(34)47-44(48(39)32-16-6-15-29(24-32)27-10-2-1-3-11-27)35-19-8-17-33-36-25-30-12-4-5-13-31(30)26-38(36)46-42(33)35;/h1-26H,(H-,45,46,47,49);/q-1;. The summed E-state index contributed by atoms with van der Waals surface area (Å²) >= 11 is 0. The maximum absolute atomic E-state index is 10.7. The first-order chi connectivity index (χ1) is 24.2. The van der Waals surface area contributed by atoms with E-state index in [1.165, 1.54) is 10.8 Å². The first-order valence-electron chi connectivity index (χ1n) is 16.3. The Labute approximate surface area is 301 Å². The van der Waals surface area contributed by atoms with Crippen LogP contribution in [0.25, 0.3) is 94.0 Å². The maximum Gasteiger partial charge on any atom is 0.144 e. The molecule has 10 rings (SSSR count). The number of fused-ring (bicyclic) bond motifs is 6. The first kappa shape index (κ1) is 30.1. The summed E-state index contributed by atoms with van der Waals surface area (Å²) in [4.78, 5) is 15.6. The molecule has 6 heteroatoms. The molecule has 5 nitrogen and oxygen atoms in total. The molecule has 0 amide bonds. The minimum atomic E-state index is 0. The van der Waals surface area contributed by atoms with Crippen molar-refractivity contribution >= 4 is 54.5 Å². The average molecular weight is 823 g/mol. The first-order valence-corrected chi connectivity index (χ1v) is 16.3. The van der Waals surface area contributed by atoms with E-state index in [4.69, 9.17) is 15.0 Å². The SMILES string of the molecule is Oc1cccc2ccc(-c3cccc4c3nc(-c3cccc5c3[n-]c3cc6ccccc6cc35)n4-c3cccc(-c4ccccc4)c3)nc12.[Pt]. The fourth-order valence-corrected chi connectivity index (χ4v) is 7.20. The van der Waals surface area contributed by atoms with Crippen molar-refractivity contribution in [3.63, 3.8) is 0 Å². The van der Waals surface area contributed by atoms with E-state index in [1.54, 1.807) is 6.07 Å². The van der Waals surface area contributed by atoms with E-state index in [1.807, 2.05) is 30.3 Å². The van der Waals surface area contributed by atoms with Gasteiger partial charge in [0.2, 0.25) is 0 Å². The van der Waals surface area contributed by atoms with Gasteiger partial charge in [-0.3, -0.25) is 4.57 Å². The predicted molar refractivity (Wildman–Crippen MR) is 200 cm³/mol. The second-order valence-corrected chi connectivity index (χ2v) is 12.4. The zero-order chi connectivity index (χ0) is 32.5. The Hall–Kier alpha value is -6.03. The fraction of sp³-hybridized carbons (Fsp3) is 0. The molecule has 0 radical (unpaired) electrons. The van der Waals surface area contributed by atoms with Gasteiger partial charge < -0.3 is 10.1 Å². The minimum absolute atomic E-state index is 0. The molecule has 0 unspecified atom stereocenters. The Morgan fingerprint density at radius 2 is 1.24 bits per heavy atom. The number of hydrogen-bond acceptors (Lipinski definition) is 3. The molecule has 0 saturated carbocycles. The molecule has 3 heterocycles. The van der Waals surface area contributed by atoms with Crippen molar-refractivity contribution in [1.29, 1.82) is 0 Å². The van der Waals surface area contributed by atoms with E-state index in [0.717, 1.165) is 77.7 Å². The Balaban J connectivity index is 0.00000336. The maximum atomic E-state index is 10.7. The van der Waals surface area contributed by atoms with Crippen LogP contribution >= 0.6 is 0 Å². The van der Waals surface area contributed by atoms with Crippen molar-refractivity contribution in [2.45, 2.75) is 0 Å². The van der Waals surface area contributed by atoms with Gasteiger partial charge in [-0.25, -0.2) is 9.97 Å². The number of phenolic OH excluding ortho intramolecular Hbond substituents is 1. The van der Waals surface area contributed by atoms with E-state index in [9.17, 15) is 5.11 Å². The Kier molecular flexibility index (Phi) is 7.11. The molecule has 0 aliphatic rings. The van der Waals surface area contributed by atoms with E-state index >= 15 is 0 Å². The number of aromatic hydroxyl groups is 1. The van der Waals surface area contributed by atoms with Crippen LogP contribution in [0.4, 0.5) is 0 Å². The molecule has 0 spiro atoms. The van der Waals surface area contributed by atoms with Gasteiger partial charge in [-0.2, -0.15) is 0 Å². The van der Waals surface area contributed by atoms with Gasteiger partial charge in [-0.1, -0.05) is 121 Å². The van der Waals surface area contributed by atoms with Gasteiger partial charge in [-0.05, 0) is 69.1 Å². The molecule has 0 bridgehead atoms. The number of aromatic nitrogens is 4. The van der Waals surface area contributed by atoms with E-state index in [0.29, 0.717) is 5.52 Å². The Morgan fingerprint density at radius 3 is 2.12 bits per heavy atom. The van der Waals surface area contributed by atoms with Crippen LogP contribution in [0.3, 0.4) is 0 Å². The van der Waals surface area contributed by atoms with Crippen molar-refractivity contribution in [3.8, 4) is 45.2 Å². The molecule has 0 atom stereocenters. The third kappa shape index (κ3) is 4.74. The molecular weight excluding hydrogens is 796 g/mol. The molecule has 10 aromatic rings. The van der Waals surface area contributed by atoms with Crippen LogP contribution < -0.4 is 4.98 Å². The van der Waals surface area contributed by atoms with Gasteiger partial charge in [0.15, 0.2) is 0 Å². The van der Waals surface area contributed by atoms with Gasteiger partial charge >= 0.3 is 0 Å². The van der Waals surface area contributed by atoms with E-state index < -0.39 is 0 Å². The van der Waals surface area contributed by atoms with Gasteiger partial charge in [0.05, 0.1) is 16.7 Å². The normalized spacial score (nSPS) is 11.5. The van der Waals surface area contributed by atoms with Crippen LogP contribution in [0.2, 0.25) is 0 Å². The smallest absolute Gasteiger partial charge is 0.144 e. The quantitative estimate of drug-likeness (QED) is 0.192. The van der Waals surface area contributed by atoms with Gasteiger partial charge in [0.1, 0.15) is 17.1 Å². The van der Waals surface area contributed by atoms with E-state index in [2.05, 4.69) is 126 Å². The third-order valence-electron chi connectivity index (χ3n) is 9.53. The van der Waals surface area contributed by atoms with Crippen molar-refractivity contribution in [1.82, 2.24) is 19.5 Å². The number of hydrogen-bond donors (Lipinski definition) is 1. The topological polar surface area (TPSA) is 65.0 Å². The monoisotopic (exact) mass is 822 g/mol. The molecule has 0 aliphatic heterocycles. The van der Waals surface area contributed by atoms with Crippen LogP contribution in [-0.4, -0.2) is 19.6 Å². The molecule has 240 valence electrons. The molecule has 0 fully saturated rings. The summed E-state index contributed by atoms with van der Waals surface area (Å²) in [5.41, 5.74) is 10.1. The summed E-state index contributed by atoms with van der Waals surface area (Å²) < 4.78 is 2.24. The molecule has 0 aliphatic carbocycles. The summed E-state index contributed by atoms with van der Waals surface area (Å²) in [5, 5.41) is 16.1. The summed E-state index contributed by atoms with van der Waals surface area (Å²) in [6, 6.07) is 54.0. The Morgan fingerprint density at radius 1 is 0.520 bits per heavy atom. The van der Waals surface area contributed by atoms with Crippen molar-refractivity contribution in [2.24, 2.45) is 0 Å². The van der Waals surface area contributed by atoms with Crippen LogP contribution in [0, 0.1) is 0 Å².